The standard InChI is InChI=1S/C37H47NO3/c1-37(2,3)32-23-20-27(19-22-28(39)21-18-26-12-6-4-5-7-13-26)24-33(32)38-36(40)25-31-29-14-8-10-16-34(29)41-35-17-11-9-15-30(31)35/h8-11,14-17,20,23-24,26,28,31,39H,4-7,12-13,18-19,21-22,25H2,1-3H3,(H,38,40). The Kier molecular flexibility index (Phi) is 9.49. The third kappa shape index (κ3) is 7.60. The number of carbonyl (C=O) groups is 1. The quantitative estimate of drug-likeness (QED) is 0.260. The number of nitrogens with one attached hydrogen (secondary N) is 1. The van der Waals surface area contributed by atoms with E-state index in [1.165, 1.54) is 38.5 Å². The van der Waals surface area contributed by atoms with Crippen molar-refractivity contribution >= 4 is 11.6 Å². The molecule has 1 aliphatic heterocycles. The number of hydrogen-bond acceptors (Lipinski definition) is 3. The van der Waals surface area contributed by atoms with Gasteiger partial charge in [0.15, 0.2) is 0 Å². The van der Waals surface area contributed by atoms with Crippen LogP contribution in [0, 0.1) is 5.92 Å². The minimum Gasteiger partial charge on any atom is -0.457 e. The molecular weight excluding hydrogens is 506 g/mol. The van der Waals surface area contributed by atoms with Crippen LogP contribution in [-0.4, -0.2) is 17.1 Å². The fourth-order valence-corrected chi connectivity index (χ4v) is 6.68. The van der Waals surface area contributed by atoms with Gasteiger partial charge < -0.3 is 15.2 Å². The zero-order valence-electron chi connectivity index (χ0n) is 25.1. The van der Waals surface area contributed by atoms with Gasteiger partial charge in [0.1, 0.15) is 11.5 Å². The van der Waals surface area contributed by atoms with Gasteiger partial charge in [-0.25, -0.2) is 0 Å². The van der Waals surface area contributed by atoms with E-state index in [2.05, 4.69) is 56.4 Å². The summed E-state index contributed by atoms with van der Waals surface area (Å²) in [6.45, 7) is 6.54. The summed E-state index contributed by atoms with van der Waals surface area (Å²) in [5.74, 6) is 2.35. The minimum absolute atomic E-state index is 0.00686. The third-order valence-corrected chi connectivity index (χ3v) is 9.01. The summed E-state index contributed by atoms with van der Waals surface area (Å²) in [5, 5.41) is 14.1. The summed E-state index contributed by atoms with van der Waals surface area (Å²) in [4.78, 5) is 13.6. The zero-order valence-corrected chi connectivity index (χ0v) is 25.1. The molecule has 1 atom stereocenters. The van der Waals surface area contributed by atoms with Gasteiger partial charge in [-0.1, -0.05) is 108 Å². The second kappa shape index (κ2) is 13.2. The van der Waals surface area contributed by atoms with Crippen molar-refractivity contribution in [3.8, 4) is 11.5 Å². The van der Waals surface area contributed by atoms with Crippen molar-refractivity contribution in [3.05, 3.63) is 89.0 Å². The number of aryl methyl sites for hydroxylation is 1. The Balaban J connectivity index is 1.26. The SMILES string of the molecule is CC(C)(C)c1ccc(CCC(O)CCC2CCCCCC2)cc1NC(=O)CC1c2ccccc2Oc2ccccc21. The number of anilines is 1. The molecule has 1 unspecified atom stereocenters. The number of amides is 1. The first-order valence-electron chi connectivity index (χ1n) is 15.7. The first-order chi connectivity index (χ1) is 19.8. The minimum atomic E-state index is -0.271. The largest absolute Gasteiger partial charge is 0.457 e. The van der Waals surface area contributed by atoms with E-state index in [1.54, 1.807) is 0 Å². The molecule has 0 radical (unpaired) electrons. The Bertz CT molecular complexity index is 1270. The van der Waals surface area contributed by atoms with Gasteiger partial charge in [0, 0.05) is 29.2 Å². The Labute approximate surface area is 246 Å². The molecule has 3 aromatic rings. The van der Waals surface area contributed by atoms with E-state index in [4.69, 9.17) is 4.74 Å². The summed E-state index contributed by atoms with van der Waals surface area (Å²) in [5.41, 5.74) is 5.13. The van der Waals surface area contributed by atoms with Crippen molar-refractivity contribution < 1.29 is 14.6 Å². The van der Waals surface area contributed by atoms with E-state index in [0.717, 1.165) is 71.0 Å². The van der Waals surface area contributed by atoms with Gasteiger partial charge in [-0.2, -0.15) is 0 Å². The van der Waals surface area contributed by atoms with E-state index in [-0.39, 0.29) is 23.3 Å². The fourth-order valence-electron chi connectivity index (χ4n) is 6.68. The lowest BCUT2D eigenvalue weighted by molar-refractivity contribution is -0.116. The predicted molar refractivity (Wildman–Crippen MR) is 168 cm³/mol. The molecule has 3 aromatic carbocycles. The normalized spacial score (nSPS) is 16.7. The van der Waals surface area contributed by atoms with Crippen LogP contribution in [0.3, 0.4) is 0 Å². The smallest absolute Gasteiger partial charge is 0.225 e. The number of aliphatic hydroxyl groups excluding tert-OH is 1. The lowest BCUT2D eigenvalue weighted by Gasteiger charge is -2.28. The summed E-state index contributed by atoms with van der Waals surface area (Å²) in [7, 11) is 0. The number of hydrogen-bond donors (Lipinski definition) is 2. The molecule has 2 N–H and O–H groups in total. The van der Waals surface area contributed by atoms with E-state index in [1.807, 2.05) is 36.4 Å². The number of aliphatic hydroxyl groups is 1. The summed E-state index contributed by atoms with van der Waals surface area (Å²) >= 11 is 0. The zero-order chi connectivity index (χ0) is 28.8. The molecule has 1 saturated carbocycles. The van der Waals surface area contributed by atoms with Crippen LogP contribution in [0.15, 0.2) is 66.7 Å². The van der Waals surface area contributed by atoms with Crippen LogP contribution in [0.5, 0.6) is 11.5 Å². The maximum Gasteiger partial charge on any atom is 0.225 e. The highest BCUT2D eigenvalue weighted by molar-refractivity contribution is 5.93. The number of carbonyl (C=O) groups excluding carboxylic acids is 1. The Morgan fingerprint density at radius 3 is 2.17 bits per heavy atom. The van der Waals surface area contributed by atoms with Crippen LogP contribution in [0.4, 0.5) is 5.69 Å². The van der Waals surface area contributed by atoms with Crippen LogP contribution in [0.2, 0.25) is 0 Å². The molecule has 1 heterocycles. The van der Waals surface area contributed by atoms with Crippen LogP contribution in [-0.2, 0) is 16.6 Å². The molecule has 0 spiro atoms. The first kappa shape index (κ1) is 29.4. The fraction of sp³-hybridized carbons (Fsp3) is 0.486. The van der Waals surface area contributed by atoms with Crippen molar-refractivity contribution in [2.75, 3.05) is 5.32 Å². The summed E-state index contributed by atoms with van der Waals surface area (Å²) in [6.07, 6.45) is 11.8. The van der Waals surface area contributed by atoms with E-state index in [0.29, 0.717) is 6.42 Å². The van der Waals surface area contributed by atoms with Crippen LogP contribution in [0.1, 0.15) is 113 Å². The number of rotatable bonds is 9. The Hall–Kier alpha value is -3.11. The maximum absolute atomic E-state index is 13.6. The highest BCUT2D eigenvalue weighted by Gasteiger charge is 2.29. The maximum atomic E-state index is 13.6. The van der Waals surface area contributed by atoms with Crippen LogP contribution in [0.25, 0.3) is 0 Å². The van der Waals surface area contributed by atoms with Gasteiger partial charge in [0.2, 0.25) is 5.91 Å². The molecule has 218 valence electrons. The number of ether oxygens (including phenoxy) is 1. The van der Waals surface area contributed by atoms with E-state index in [9.17, 15) is 9.90 Å². The van der Waals surface area contributed by atoms with Crippen LogP contribution < -0.4 is 10.1 Å². The van der Waals surface area contributed by atoms with Gasteiger partial charge in [-0.3, -0.25) is 4.79 Å². The van der Waals surface area contributed by atoms with Gasteiger partial charge in [-0.15, -0.1) is 0 Å². The van der Waals surface area contributed by atoms with Crippen molar-refractivity contribution in [2.24, 2.45) is 5.92 Å². The summed E-state index contributed by atoms with van der Waals surface area (Å²) in [6, 6.07) is 22.5. The topological polar surface area (TPSA) is 58.6 Å². The van der Waals surface area contributed by atoms with Crippen molar-refractivity contribution in [2.45, 2.75) is 109 Å². The number of fused-ring (bicyclic) bond motifs is 2. The molecule has 4 heteroatoms. The average molecular weight is 554 g/mol. The van der Waals surface area contributed by atoms with E-state index < -0.39 is 0 Å². The molecule has 0 bridgehead atoms. The monoisotopic (exact) mass is 553 g/mol. The van der Waals surface area contributed by atoms with Crippen molar-refractivity contribution in [1.29, 1.82) is 0 Å². The molecule has 41 heavy (non-hydrogen) atoms. The Morgan fingerprint density at radius 2 is 1.54 bits per heavy atom. The molecule has 0 aromatic heterocycles. The van der Waals surface area contributed by atoms with Crippen molar-refractivity contribution in [1.82, 2.24) is 0 Å². The van der Waals surface area contributed by atoms with Crippen LogP contribution >= 0.6 is 0 Å². The van der Waals surface area contributed by atoms with Gasteiger partial charge in [0.05, 0.1) is 6.10 Å². The molecule has 2 aliphatic rings. The van der Waals surface area contributed by atoms with E-state index >= 15 is 0 Å². The average Bonchev–Trinajstić information content (AvgIpc) is 3.23. The molecule has 1 amide bonds. The van der Waals surface area contributed by atoms with Gasteiger partial charge in [-0.05, 0) is 66.3 Å². The molecule has 0 saturated heterocycles. The number of para-hydroxylation sites is 2. The molecule has 4 nitrogen and oxygen atoms in total. The van der Waals surface area contributed by atoms with Gasteiger partial charge in [0.25, 0.3) is 0 Å². The van der Waals surface area contributed by atoms with Crippen molar-refractivity contribution in [3.63, 3.8) is 0 Å². The second-order valence-electron chi connectivity index (χ2n) is 13.2. The first-order valence-corrected chi connectivity index (χ1v) is 15.7. The Morgan fingerprint density at radius 1 is 0.902 bits per heavy atom. The molecule has 1 fully saturated rings. The lowest BCUT2D eigenvalue weighted by atomic mass is 9.84. The lowest BCUT2D eigenvalue weighted by Crippen LogP contribution is -2.22. The molecular formula is C37H47NO3. The predicted octanol–water partition coefficient (Wildman–Crippen LogP) is 9.29. The molecule has 5 rings (SSSR count). The second-order valence-corrected chi connectivity index (χ2v) is 13.2. The highest BCUT2D eigenvalue weighted by atomic mass is 16.5. The summed E-state index contributed by atoms with van der Waals surface area (Å²) < 4.78 is 6.14. The number of benzene rings is 3. The highest BCUT2D eigenvalue weighted by Crippen LogP contribution is 2.45. The molecule has 1 aliphatic carbocycles. The van der Waals surface area contributed by atoms with Gasteiger partial charge >= 0.3 is 0 Å². The third-order valence-electron chi connectivity index (χ3n) is 9.01.